The average Bonchev–Trinajstić information content (AvgIpc) is 2.99. The summed E-state index contributed by atoms with van der Waals surface area (Å²) in [5, 5.41) is 13.6. The van der Waals surface area contributed by atoms with Crippen molar-refractivity contribution in [1.82, 2.24) is 9.69 Å². The number of carboxylic acids is 1. The first-order valence-corrected chi connectivity index (χ1v) is 7.95. The highest BCUT2D eigenvalue weighted by Crippen LogP contribution is 2.31. The molecule has 0 aliphatic rings. The molecule has 8 heteroatoms. The molecule has 1 aromatic carbocycles. The molecule has 7 nitrogen and oxygen atoms in total. The van der Waals surface area contributed by atoms with Gasteiger partial charge in [-0.2, -0.15) is 4.37 Å². The van der Waals surface area contributed by atoms with E-state index in [9.17, 15) is 14.7 Å². The number of nitrogens with one attached hydrogen (secondary N) is 1. The number of carbonyl (C=O) groups excluding carboxylic acids is 1. The molecule has 2 N–H and O–H groups in total. The van der Waals surface area contributed by atoms with Crippen molar-refractivity contribution in [2.45, 2.75) is 19.4 Å². The van der Waals surface area contributed by atoms with Gasteiger partial charge in [-0.05, 0) is 30.6 Å². The Kier molecular flexibility index (Phi) is 5.75. The summed E-state index contributed by atoms with van der Waals surface area (Å²) in [5.41, 5.74) is 1.60. The number of carbonyl (C=O) groups is 2. The monoisotopic (exact) mass is 350 g/mol. The fraction of sp³-hybridized carbons (Fsp3) is 0.312. The summed E-state index contributed by atoms with van der Waals surface area (Å²) in [6.07, 6.45) is -0.273. The maximum absolute atomic E-state index is 12.4. The molecule has 1 atom stereocenters. The number of aromatic nitrogens is 1. The van der Waals surface area contributed by atoms with E-state index in [1.807, 2.05) is 0 Å². The van der Waals surface area contributed by atoms with Crippen molar-refractivity contribution in [3.63, 3.8) is 0 Å². The van der Waals surface area contributed by atoms with Crippen molar-refractivity contribution in [2.24, 2.45) is 0 Å². The van der Waals surface area contributed by atoms with Crippen LogP contribution in [0.15, 0.2) is 23.6 Å². The van der Waals surface area contributed by atoms with E-state index in [1.54, 1.807) is 30.5 Å². The average molecular weight is 350 g/mol. The summed E-state index contributed by atoms with van der Waals surface area (Å²) < 4.78 is 14.5. The number of hydrogen-bond acceptors (Lipinski definition) is 6. The second-order valence-corrected chi connectivity index (χ2v) is 5.67. The number of aryl methyl sites for hydroxylation is 1. The fourth-order valence-corrected chi connectivity index (χ4v) is 2.96. The molecule has 2 rings (SSSR count). The standard InChI is InChI=1S/C16H18N2O5S/c1-9-12(8-24-18-9)16(21)17-13(7-15(19)20)11-5-4-10(22-2)6-14(11)23-3/h4-6,8,13H,7H2,1-3H3,(H,17,21)(H,19,20). The molecule has 1 heterocycles. The smallest absolute Gasteiger partial charge is 0.305 e. The van der Waals surface area contributed by atoms with E-state index in [1.165, 1.54) is 25.8 Å². The number of ether oxygens (including phenoxy) is 2. The van der Waals surface area contributed by atoms with Crippen LogP contribution in [-0.2, 0) is 4.79 Å². The first-order chi connectivity index (χ1) is 11.5. The van der Waals surface area contributed by atoms with Gasteiger partial charge in [0.25, 0.3) is 5.91 Å². The Balaban J connectivity index is 2.33. The molecule has 0 saturated carbocycles. The molecular weight excluding hydrogens is 332 g/mol. The lowest BCUT2D eigenvalue weighted by Gasteiger charge is -2.20. The highest BCUT2D eigenvalue weighted by molar-refractivity contribution is 7.03. The van der Waals surface area contributed by atoms with Gasteiger partial charge in [0, 0.05) is 17.0 Å². The van der Waals surface area contributed by atoms with Crippen molar-refractivity contribution in [2.75, 3.05) is 14.2 Å². The zero-order valence-electron chi connectivity index (χ0n) is 13.5. The maximum Gasteiger partial charge on any atom is 0.305 e. The second-order valence-electron chi connectivity index (χ2n) is 5.05. The SMILES string of the molecule is COc1ccc(C(CC(=O)O)NC(=O)c2csnc2C)c(OC)c1. The molecule has 2 aromatic rings. The molecule has 0 aliphatic heterocycles. The number of carboxylic acid groups (broad SMARTS) is 1. The zero-order valence-corrected chi connectivity index (χ0v) is 14.3. The van der Waals surface area contributed by atoms with Gasteiger partial charge in [-0.3, -0.25) is 9.59 Å². The lowest BCUT2D eigenvalue weighted by molar-refractivity contribution is -0.137. The number of rotatable bonds is 7. The molecule has 1 unspecified atom stereocenters. The van der Waals surface area contributed by atoms with Gasteiger partial charge in [-0.15, -0.1) is 0 Å². The number of benzene rings is 1. The predicted octanol–water partition coefficient (Wildman–Crippen LogP) is 2.41. The first-order valence-electron chi connectivity index (χ1n) is 7.11. The van der Waals surface area contributed by atoms with E-state index in [2.05, 4.69) is 9.69 Å². The van der Waals surface area contributed by atoms with Crippen LogP contribution in [0.4, 0.5) is 0 Å². The van der Waals surface area contributed by atoms with E-state index in [-0.39, 0.29) is 12.3 Å². The Hall–Kier alpha value is -2.61. The molecule has 0 spiro atoms. The molecule has 0 radical (unpaired) electrons. The van der Waals surface area contributed by atoms with Crippen molar-refractivity contribution in [1.29, 1.82) is 0 Å². The topological polar surface area (TPSA) is 97.8 Å². The van der Waals surface area contributed by atoms with E-state index >= 15 is 0 Å². The Morgan fingerprint density at radius 3 is 2.62 bits per heavy atom. The van der Waals surface area contributed by atoms with Crippen LogP contribution in [0.2, 0.25) is 0 Å². The third-order valence-electron chi connectivity index (χ3n) is 3.49. The Labute approximate surface area is 143 Å². The van der Waals surface area contributed by atoms with Gasteiger partial charge >= 0.3 is 5.97 Å². The van der Waals surface area contributed by atoms with E-state index in [0.29, 0.717) is 28.3 Å². The maximum atomic E-state index is 12.4. The summed E-state index contributed by atoms with van der Waals surface area (Å²) in [4.78, 5) is 23.6. The van der Waals surface area contributed by atoms with E-state index in [4.69, 9.17) is 9.47 Å². The lowest BCUT2D eigenvalue weighted by Crippen LogP contribution is -2.30. The minimum Gasteiger partial charge on any atom is -0.497 e. The summed E-state index contributed by atoms with van der Waals surface area (Å²) in [5.74, 6) is -0.376. The first kappa shape index (κ1) is 17.7. The van der Waals surface area contributed by atoms with Crippen molar-refractivity contribution >= 4 is 23.4 Å². The molecule has 24 heavy (non-hydrogen) atoms. The van der Waals surface area contributed by atoms with E-state index < -0.39 is 12.0 Å². The Morgan fingerprint density at radius 1 is 1.33 bits per heavy atom. The van der Waals surface area contributed by atoms with Crippen LogP contribution in [0.5, 0.6) is 11.5 Å². The number of amides is 1. The molecule has 1 amide bonds. The van der Waals surface area contributed by atoms with Crippen LogP contribution in [0, 0.1) is 6.92 Å². The number of nitrogens with zero attached hydrogens (tertiary/aromatic N) is 1. The highest BCUT2D eigenvalue weighted by atomic mass is 32.1. The van der Waals surface area contributed by atoms with Crippen LogP contribution >= 0.6 is 11.5 Å². The van der Waals surface area contributed by atoms with E-state index in [0.717, 1.165) is 0 Å². The summed E-state index contributed by atoms with van der Waals surface area (Å²) in [6, 6.07) is 4.28. The van der Waals surface area contributed by atoms with Gasteiger partial charge in [-0.25, -0.2) is 0 Å². The van der Waals surface area contributed by atoms with Crippen molar-refractivity contribution in [3.05, 3.63) is 40.4 Å². The van der Waals surface area contributed by atoms with Crippen molar-refractivity contribution < 1.29 is 24.2 Å². The normalized spacial score (nSPS) is 11.6. The van der Waals surface area contributed by atoms with Gasteiger partial charge in [-0.1, -0.05) is 0 Å². The number of hydrogen-bond donors (Lipinski definition) is 2. The highest BCUT2D eigenvalue weighted by Gasteiger charge is 2.23. The van der Waals surface area contributed by atoms with Crippen LogP contribution in [-0.4, -0.2) is 35.6 Å². The summed E-state index contributed by atoms with van der Waals surface area (Å²) in [6.45, 7) is 1.73. The van der Waals surface area contributed by atoms with Crippen molar-refractivity contribution in [3.8, 4) is 11.5 Å². The van der Waals surface area contributed by atoms with Gasteiger partial charge in [0.2, 0.25) is 0 Å². The Bertz CT molecular complexity index is 744. The molecule has 0 saturated heterocycles. The molecular formula is C16H18N2O5S. The fourth-order valence-electron chi connectivity index (χ4n) is 2.27. The third kappa shape index (κ3) is 4.02. The third-order valence-corrected chi connectivity index (χ3v) is 4.22. The largest absolute Gasteiger partial charge is 0.497 e. The number of aliphatic carboxylic acids is 1. The van der Waals surface area contributed by atoms with Crippen LogP contribution in [0.25, 0.3) is 0 Å². The molecule has 0 fully saturated rings. The minimum atomic E-state index is -1.03. The zero-order chi connectivity index (χ0) is 17.7. The molecule has 0 aliphatic carbocycles. The molecule has 0 bridgehead atoms. The van der Waals surface area contributed by atoms with Gasteiger partial charge in [0.05, 0.1) is 37.9 Å². The predicted molar refractivity (Wildman–Crippen MR) is 88.9 cm³/mol. The van der Waals surface area contributed by atoms with Gasteiger partial charge in [0.1, 0.15) is 11.5 Å². The summed E-state index contributed by atoms with van der Waals surface area (Å²) >= 11 is 1.18. The molecule has 128 valence electrons. The number of methoxy groups -OCH3 is 2. The lowest BCUT2D eigenvalue weighted by atomic mass is 10.0. The minimum absolute atomic E-state index is 0.273. The quantitative estimate of drug-likeness (QED) is 0.796. The van der Waals surface area contributed by atoms with Crippen LogP contribution in [0.1, 0.15) is 34.1 Å². The Morgan fingerprint density at radius 2 is 2.08 bits per heavy atom. The van der Waals surface area contributed by atoms with Crippen LogP contribution < -0.4 is 14.8 Å². The van der Waals surface area contributed by atoms with Gasteiger partial charge < -0.3 is 19.9 Å². The van der Waals surface area contributed by atoms with Crippen LogP contribution in [0.3, 0.4) is 0 Å². The summed E-state index contributed by atoms with van der Waals surface area (Å²) in [7, 11) is 3.00. The van der Waals surface area contributed by atoms with Gasteiger partial charge in [0.15, 0.2) is 0 Å². The molecule has 1 aromatic heterocycles. The second kappa shape index (κ2) is 7.78.